The zero-order valence-electron chi connectivity index (χ0n) is 11.2. The first kappa shape index (κ1) is 13.6. The molecule has 0 aliphatic carbocycles. The lowest BCUT2D eigenvalue weighted by Gasteiger charge is -2.15. The molecule has 3 heteroatoms. The van der Waals surface area contributed by atoms with E-state index in [9.17, 15) is 4.79 Å². The van der Waals surface area contributed by atoms with Crippen LogP contribution < -0.4 is 4.74 Å². The molecule has 94 valence electrons. The third kappa shape index (κ3) is 3.48. The Bertz CT molecular complexity index is 387. The zero-order chi connectivity index (χ0) is 13.0. The van der Waals surface area contributed by atoms with Gasteiger partial charge in [-0.25, -0.2) is 0 Å². The number of rotatable bonds is 4. The van der Waals surface area contributed by atoms with Crippen LogP contribution in [0.5, 0.6) is 5.75 Å². The second-order valence-electron chi connectivity index (χ2n) is 4.46. The molecule has 1 aromatic carbocycles. The van der Waals surface area contributed by atoms with Gasteiger partial charge in [-0.2, -0.15) is 0 Å². The monoisotopic (exact) mass is 236 g/mol. The van der Waals surface area contributed by atoms with Crippen LogP contribution in [0.25, 0.3) is 0 Å². The first-order chi connectivity index (χ1) is 7.95. The van der Waals surface area contributed by atoms with Crippen LogP contribution >= 0.6 is 0 Å². The van der Waals surface area contributed by atoms with Crippen LogP contribution in [0.3, 0.4) is 0 Å². The second-order valence-corrected chi connectivity index (χ2v) is 4.46. The van der Waals surface area contributed by atoms with E-state index in [0.29, 0.717) is 6.61 Å². The molecule has 0 heterocycles. The van der Waals surface area contributed by atoms with Gasteiger partial charge in [0.15, 0.2) is 0 Å². The second kappa shape index (κ2) is 5.71. The summed E-state index contributed by atoms with van der Waals surface area (Å²) in [6.07, 6.45) is 0. The fraction of sp³-hybridized carbons (Fsp3) is 0.500. The van der Waals surface area contributed by atoms with Crippen molar-refractivity contribution >= 4 is 5.97 Å². The van der Waals surface area contributed by atoms with Gasteiger partial charge in [-0.15, -0.1) is 0 Å². The number of ether oxygens (including phenoxy) is 2. The SMILES string of the molecule is COC(=O)[C@@H](C)COc1c(C)cc(C)cc1C. The van der Waals surface area contributed by atoms with Gasteiger partial charge in [0.2, 0.25) is 0 Å². The Morgan fingerprint density at radius 2 is 1.76 bits per heavy atom. The predicted molar refractivity (Wildman–Crippen MR) is 67.3 cm³/mol. The summed E-state index contributed by atoms with van der Waals surface area (Å²) in [4.78, 5) is 11.3. The number of carbonyl (C=O) groups is 1. The largest absolute Gasteiger partial charge is 0.492 e. The maximum absolute atomic E-state index is 11.3. The highest BCUT2D eigenvalue weighted by atomic mass is 16.5. The number of carbonyl (C=O) groups excluding carboxylic acids is 1. The summed E-state index contributed by atoms with van der Waals surface area (Å²) >= 11 is 0. The summed E-state index contributed by atoms with van der Waals surface area (Å²) in [5, 5.41) is 0. The highest BCUT2D eigenvalue weighted by Crippen LogP contribution is 2.25. The van der Waals surface area contributed by atoms with Gasteiger partial charge in [-0.1, -0.05) is 17.7 Å². The first-order valence-electron chi connectivity index (χ1n) is 5.74. The van der Waals surface area contributed by atoms with Gasteiger partial charge in [0, 0.05) is 0 Å². The molecular weight excluding hydrogens is 216 g/mol. The Balaban J connectivity index is 2.73. The van der Waals surface area contributed by atoms with Crippen molar-refractivity contribution in [2.75, 3.05) is 13.7 Å². The molecule has 0 radical (unpaired) electrons. The van der Waals surface area contributed by atoms with E-state index in [1.807, 2.05) is 13.8 Å². The van der Waals surface area contributed by atoms with Crippen LogP contribution in [-0.4, -0.2) is 19.7 Å². The maximum Gasteiger partial charge on any atom is 0.311 e. The van der Waals surface area contributed by atoms with E-state index < -0.39 is 0 Å². The van der Waals surface area contributed by atoms with Crippen LogP contribution in [0.4, 0.5) is 0 Å². The van der Waals surface area contributed by atoms with Crippen molar-refractivity contribution in [3.63, 3.8) is 0 Å². The lowest BCUT2D eigenvalue weighted by Crippen LogP contribution is -2.20. The van der Waals surface area contributed by atoms with E-state index in [0.717, 1.165) is 16.9 Å². The molecule has 0 fully saturated rings. The van der Waals surface area contributed by atoms with E-state index in [-0.39, 0.29) is 11.9 Å². The Morgan fingerprint density at radius 1 is 1.24 bits per heavy atom. The molecule has 0 aliphatic rings. The average Bonchev–Trinajstić information content (AvgIpc) is 2.26. The maximum atomic E-state index is 11.3. The van der Waals surface area contributed by atoms with Crippen LogP contribution in [0.2, 0.25) is 0 Å². The molecule has 3 nitrogen and oxygen atoms in total. The van der Waals surface area contributed by atoms with Gasteiger partial charge in [-0.05, 0) is 38.8 Å². The summed E-state index contributed by atoms with van der Waals surface area (Å²) in [6.45, 7) is 8.22. The molecule has 0 unspecified atom stereocenters. The van der Waals surface area contributed by atoms with Crippen LogP contribution in [0.15, 0.2) is 12.1 Å². The third-order valence-electron chi connectivity index (χ3n) is 2.69. The predicted octanol–water partition coefficient (Wildman–Crippen LogP) is 2.80. The normalized spacial score (nSPS) is 12.1. The van der Waals surface area contributed by atoms with Gasteiger partial charge in [-0.3, -0.25) is 4.79 Å². The number of esters is 1. The van der Waals surface area contributed by atoms with Crippen molar-refractivity contribution in [3.05, 3.63) is 28.8 Å². The van der Waals surface area contributed by atoms with E-state index in [2.05, 4.69) is 23.8 Å². The van der Waals surface area contributed by atoms with Gasteiger partial charge >= 0.3 is 5.97 Å². The van der Waals surface area contributed by atoms with E-state index in [1.165, 1.54) is 12.7 Å². The van der Waals surface area contributed by atoms with Crippen molar-refractivity contribution in [1.29, 1.82) is 0 Å². The van der Waals surface area contributed by atoms with Gasteiger partial charge in [0.25, 0.3) is 0 Å². The lowest BCUT2D eigenvalue weighted by atomic mass is 10.1. The minimum absolute atomic E-state index is 0.243. The number of methoxy groups -OCH3 is 1. The topological polar surface area (TPSA) is 35.5 Å². The van der Waals surface area contributed by atoms with Gasteiger partial charge in [0.1, 0.15) is 12.4 Å². The fourth-order valence-electron chi connectivity index (χ4n) is 1.87. The van der Waals surface area contributed by atoms with Gasteiger partial charge < -0.3 is 9.47 Å². The first-order valence-corrected chi connectivity index (χ1v) is 5.74. The third-order valence-corrected chi connectivity index (χ3v) is 2.69. The van der Waals surface area contributed by atoms with Crippen molar-refractivity contribution in [3.8, 4) is 5.75 Å². The minimum atomic E-state index is -0.250. The standard InChI is InChI=1S/C14H20O3/c1-9-6-10(2)13(11(3)7-9)17-8-12(4)14(15)16-5/h6-7,12H,8H2,1-5H3/t12-/m0/s1. The summed E-state index contributed by atoms with van der Waals surface area (Å²) in [7, 11) is 1.39. The van der Waals surface area contributed by atoms with Crippen molar-refractivity contribution in [2.45, 2.75) is 27.7 Å². The Labute approximate surface area is 103 Å². The number of hydrogen-bond donors (Lipinski definition) is 0. The molecular formula is C14H20O3. The zero-order valence-corrected chi connectivity index (χ0v) is 11.2. The molecule has 0 bridgehead atoms. The summed E-state index contributed by atoms with van der Waals surface area (Å²) < 4.78 is 10.4. The lowest BCUT2D eigenvalue weighted by molar-refractivity contribution is -0.145. The highest BCUT2D eigenvalue weighted by Gasteiger charge is 2.15. The van der Waals surface area contributed by atoms with E-state index in [4.69, 9.17) is 4.74 Å². The molecule has 0 aromatic heterocycles. The summed E-state index contributed by atoms with van der Waals surface area (Å²) in [6, 6.07) is 4.15. The summed E-state index contributed by atoms with van der Waals surface area (Å²) in [5.41, 5.74) is 3.41. The number of aryl methyl sites for hydroxylation is 3. The van der Waals surface area contributed by atoms with Crippen LogP contribution in [-0.2, 0) is 9.53 Å². The number of benzene rings is 1. The van der Waals surface area contributed by atoms with E-state index in [1.54, 1.807) is 6.92 Å². The smallest absolute Gasteiger partial charge is 0.311 e. The fourth-order valence-corrected chi connectivity index (χ4v) is 1.87. The van der Waals surface area contributed by atoms with Gasteiger partial charge in [0.05, 0.1) is 13.0 Å². The molecule has 0 amide bonds. The van der Waals surface area contributed by atoms with Crippen molar-refractivity contribution in [1.82, 2.24) is 0 Å². The van der Waals surface area contributed by atoms with Crippen LogP contribution in [0, 0.1) is 26.7 Å². The molecule has 17 heavy (non-hydrogen) atoms. The molecule has 1 atom stereocenters. The molecule has 0 N–H and O–H groups in total. The van der Waals surface area contributed by atoms with Crippen LogP contribution in [0.1, 0.15) is 23.6 Å². The minimum Gasteiger partial charge on any atom is -0.492 e. The molecule has 0 saturated heterocycles. The summed E-state index contributed by atoms with van der Waals surface area (Å²) in [5.74, 6) is 0.374. The molecule has 1 aromatic rings. The quantitative estimate of drug-likeness (QED) is 0.754. The number of hydrogen-bond acceptors (Lipinski definition) is 3. The van der Waals surface area contributed by atoms with E-state index >= 15 is 0 Å². The Hall–Kier alpha value is -1.51. The molecule has 1 rings (SSSR count). The van der Waals surface area contributed by atoms with Crippen molar-refractivity contribution in [2.24, 2.45) is 5.92 Å². The highest BCUT2D eigenvalue weighted by molar-refractivity contribution is 5.71. The Morgan fingerprint density at radius 3 is 2.24 bits per heavy atom. The average molecular weight is 236 g/mol. The molecule has 0 saturated carbocycles. The molecule has 0 spiro atoms. The molecule has 0 aliphatic heterocycles. The Kier molecular flexibility index (Phi) is 4.55. The van der Waals surface area contributed by atoms with Crippen molar-refractivity contribution < 1.29 is 14.3 Å².